The van der Waals surface area contributed by atoms with E-state index in [2.05, 4.69) is 0 Å². The summed E-state index contributed by atoms with van der Waals surface area (Å²) in [6.07, 6.45) is 0. The number of hydrogen-bond acceptors (Lipinski definition) is 3. The number of amides is 1. The van der Waals surface area contributed by atoms with Gasteiger partial charge in [-0.25, -0.2) is 17.2 Å². The highest BCUT2D eigenvalue weighted by Crippen LogP contribution is 2.18. The van der Waals surface area contributed by atoms with Gasteiger partial charge in [0.05, 0.1) is 11.4 Å². The van der Waals surface area contributed by atoms with Gasteiger partial charge in [-0.15, -0.1) is 0 Å². The summed E-state index contributed by atoms with van der Waals surface area (Å²) < 4.78 is 52.2. The zero-order chi connectivity index (χ0) is 17.0. The van der Waals surface area contributed by atoms with Crippen LogP contribution in [-0.4, -0.2) is 32.2 Å². The first-order valence-corrected chi connectivity index (χ1v) is 8.01. The van der Waals surface area contributed by atoms with E-state index in [9.17, 15) is 22.0 Å². The first-order chi connectivity index (χ1) is 10.8. The van der Waals surface area contributed by atoms with E-state index in [1.54, 1.807) is 18.2 Å². The molecule has 0 fully saturated rings. The molecule has 1 amide bonds. The fraction of sp³-hybridized carbons (Fsp3) is 0.133. The van der Waals surface area contributed by atoms with Crippen molar-refractivity contribution in [2.24, 2.45) is 0 Å². The fourth-order valence-corrected chi connectivity index (χ4v) is 3.00. The Kier molecular flexibility index (Phi) is 5.07. The van der Waals surface area contributed by atoms with Crippen LogP contribution in [0.2, 0.25) is 0 Å². The van der Waals surface area contributed by atoms with E-state index in [-0.39, 0.29) is 4.90 Å². The van der Waals surface area contributed by atoms with E-state index in [1.807, 2.05) is 5.32 Å². The van der Waals surface area contributed by atoms with Gasteiger partial charge in [-0.2, -0.15) is 4.31 Å². The number of rotatable bonds is 5. The van der Waals surface area contributed by atoms with Gasteiger partial charge in [0.2, 0.25) is 15.9 Å². The summed E-state index contributed by atoms with van der Waals surface area (Å²) in [7, 11) is -2.65. The second-order valence-electron chi connectivity index (χ2n) is 4.72. The minimum atomic E-state index is -3.86. The fourth-order valence-electron chi connectivity index (χ4n) is 1.86. The Balaban J connectivity index is 2.11. The molecule has 0 spiro atoms. The average Bonchev–Trinajstić information content (AvgIpc) is 2.52. The zero-order valence-corrected chi connectivity index (χ0v) is 13.0. The molecule has 2 rings (SSSR count). The van der Waals surface area contributed by atoms with Crippen LogP contribution in [0.5, 0.6) is 0 Å². The number of nitrogens with one attached hydrogen (secondary N) is 1. The Morgan fingerprint density at radius 1 is 1.04 bits per heavy atom. The molecular weight excluding hydrogens is 326 g/mol. The van der Waals surface area contributed by atoms with E-state index < -0.39 is 39.8 Å². The molecule has 0 aliphatic rings. The number of likely N-dealkylation sites (N-methyl/N-ethyl adjacent to an activating group) is 1. The highest BCUT2D eigenvalue weighted by molar-refractivity contribution is 7.89. The van der Waals surface area contributed by atoms with E-state index in [0.29, 0.717) is 0 Å². The van der Waals surface area contributed by atoms with E-state index in [0.717, 1.165) is 22.5 Å². The number of halogens is 2. The van der Waals surface area contributed by atoms with Crippen molar-refractivity contribution in [3.05, 3.63) is 60.2 Å². The predicted molar refractivity (Wildman–Crippen MR) is 81.2 cm³/mol. The first kappa shape index (κ1) is 17.0. The number of hydrogen-bond donors (Lipinski definition) is 1. The first-order valence-electron chi connectivity index (χ1n) is 6.57. The Bertz CT molecular complexity index is 790. The van der Waals surface area contributed by atoms with Crippen molar-refractivity contribution in [3.8, 4) is 0 Å². The largest absolute Gasteiger partial charge is 0.320 e. The lowest BCUT2D eigenvalue weighted by Crippen LogP contribution is -2.35. The summed E-state index contributed by atoms with van der Waals surface area (Å²) in [5.41, 5.74) is -0.608. The highest BCUT2D eigenvalue weighted by atomic mass is 32.2. The van der Waals surface area contributed by atoms with Crippen LogP contribution in [0.25, 0.3) is 0 Å². The molecule has 0 aromatic heterocycles. The van der Waals surface area contributed by atoms with Crippen LogP contribution in [0.3, 0.4) is 0 Å². The van der Waals surface area contributed by atoms with Crippen LogP contribution in [-0.2, 0) is 14.8 Å². The maximum Gasteiger partial charge on any atom is 0.243 e. The van der Waals surface area contributed by atoms with Gasteiger partial charge in [-0.1, -0.05) is 24.3 Å². The summed E-state index contributed by atoms with van der Waals surface area (Å²) in [4.78, 5) is 11.9. The maximum absolute atomic E-state index is 13.5. The molecule has 2 aromatic carbocycles. The lowest BCUT2D eigenvalue weighted by atomic mass is 10.3. The molecule has 0 heterocycles. The van der Waals surface area contributed by atoms with Gasteiger partial charge >= 0.3 is 0 Å². The molecule has 122 valence electrons. The predicted octanol–water partition coefficient (Wildman–Crippen LogP) is 2.22. The Morgan fingerprint density at radius 3 is 2.17 bits per heavy atom. The van der Waals surface area contributed by atoms with E-state index in [4.69, 9.17) is 0 Å². The van der Waals surface area contributed by atoms with Crippen molar-refractivity contribution in [3.63, 3.8) is 0 Å². The normalized spacial score (nSPS) is 11.5. The molecule has 0 radical (unpaired) electrons. The third kappa shape index (κ3) is 3.91. The van der Waals surface area contributed by atoms with Crippen molar-refractivity contribution in [1.29, 1.82) is 0 Å². The zero-order valence-electron chi connectivity index (χ0n) is 12.2. The molecule has 0 saturated heterocycles. The summed E-state index contributed by atoms with van der Waals surface area (Å²) >= 11 is 0. The number of para-hydroxylation sites is 1. The summed E-state index contributed by atoms with van der Waals surface area (Å²) in [5, 5.41) is 2.04. The van der Waals surface area contributed by atoms with Gasteiger partial charge in [-0.05, 0) is 24.3 Å². The van der Waals surface area contributed by atoms with E-state index >= 15 is 0 Å². The van der Waals surface area contributed by atoms with Crippen LogP contribution in [0.15, 0.2) is 53.4 Å². The van der Waals surface area contributed by atoms with Crippen molar-refractivity contribution < 1.29 is 22.0 Å². The molecule has 0 bridgehead atoms. The van der Waals surface area contributed by atoms with Crippen molar-refractivity contribution in [2.75, 3.05) is 18.9 Å². The Hall–Kier alpha value is -2.32. The number of carbonyl (C=O) groups excluding carboxylic acids is 1. The number of nitrogens with zero attached hydrogens (tertiary/aromatic N) is 1. The quantitative estimate of drug-likeness (QED) is 0.908. The molecule has 1 N–H and O–H groups in total. The average molecular weight is 340 g/mol. The molecule has 0 unspecified atom stereocenters. The van der Waals surface area contributed by atoms with Crippen LogP contribution in [0, 0.1) is 11.6 Å². The second kappa shape index (κ2) is 6.84. The van der Waals surface area contributed by atoms with Crippen LogP contribution < -0.4 is 5.32 Å². The number of anilines is 1. The molecule has 0 atom stereocenters. The van der Waals surface area contributed by atoms with Crippen LogP contribution in [0.4, 0.5) is 14.5 Å². The smallest absolute Gasteiger partial charge is 0.243 e. The third-order valence-electron chi connectivity index (χ3n) is 3.04. The van der Waals surface area contributed by atoms with Gasteiger partial charge in [0.25, 0.3) is 0 Å². The summed E-state index contributed by atoms with van der Waals surface area (Å²) in [6, 6.07) is 10.7. The SMILES string of the molecule is CN(CC(=O)Nc1c(F)cccc1F)S(=O)(=O)c1ccccc1. The second-order valence-corrected chi connectivity index (χ2v) is 6.76. The standard InChI is InChI=1S/C15H14F2N2O3S/c1-19(23(21,22)11-6-3-2-4-7-11)10-14(20)18-15-12(16)8-5-9-13(15)17/h2-9H,10H2,1H3,(H,18,20). The Morgan fingerprint density at radius 2 is 1.61 bits per heavy atom. The molecule has 2 aromatic rings. The highest BCUT2D eigenvalue weighted by Gasteiger charge is 2.23. The third-order valence-corrected chi connectivity index (χ3v) is 4.86. The number of sulfonamides is 1. The minimum absolute atomic E-state index is 0.0207. The monoisotopic (exact) mass is 340 g/mol. The lowest BCUT2D eigenvalue weighted by molar-refractivity contribution is -0.116. The van der Waals surface area contributed by atoms with E-state index in [1.165, 1.54) is 19.2 Å². The topological polar surface area (TPSA) is 66.5 Å². The molecule has 0 saturated carbocycles. The molecule has 0 aliphatic carbocycles. The van der Waals surface area contributed by atoms with Gasteiger partial charge in [0.15, 0.2) is 0 Å². The molecular formula is C15H14F2N2O3S. The van der Waals surface area contributed by atoms with Crippen molar-refractivity contribution in [2.45, 2.75) is 4.90 Å². The molecule has 5 nitrogen and oxygen atoms in total. The maximum atomic E-state index is 13.5. The van der Waals surface area contributed by atoms with Gasteiger partial charge in [-0.3, -0.25) is 4.79 Å². The Labute approximate surface area is 132 Å². The number of carbonyl (C=O) groups is 1. The van der Waals surface area contributed by atoms with Gasteiger partial charge in [0.1, 0.15) is 17.3 Å². The molecule has 23 heavy (non-hydrogen) atoms. The summed E-state index contributed by atoms with van der Waals surface area (Å²) in [6.45, 7) is -0.578. The molecule has 8 heteroatoms. The molecule has 0 aliphatic heterocycles. The lowest BCUT2D eigenvalue weighted by Gasteiger charge is -2.17. The van der Waals surface area contributed by atoms with Gasteiger partial charge in [0, 0.05) is 7.05 Å². The van der Waals surface area contributed by atoms with Crippen LogP contribution in [0.1, 0.15) is 0 Å². The van der Waals surface area contributed by atoms with Crippen molar-refractivity contribution in [1.82, 2.24) is 4.31 Å². The number of benzene rings is 2. The van der Waals surface area contributed by atoms with Crippen molar-refractivity contribution >= 4 is 21.6 Å². The van der Waals surface area contributed by atoms with Gasteiger partial charge < -0.3 is 5.32 Å². The minimum Gasteiger partial charge on any atom is -0.320 e. The van der Waals surface area contributed by atoms with Crippen LogP contribution >= 0.6 is 0 Å². The summed E-state index contributed by atoms with van der Waals surface area (Å²) in [5.74, 6) is -2.73.